The highest BCUT2D eigenvalue weighted by Gasteiger charge is 2.65. The molecule has 3 unspecified atom stereocenters. The lowest BCUT2D eigenvalue weighted by Crippen LogP contribution is -2.41. The second-order valence-electron chi connectivity index (χ2n) is 8.67. The number of rotatable bonds is 3. The molecular weight excluding hydrogens is 349 g/mol. The van der Waals surface area contributed by atoms with Crippen LogP contribution in [-0.2, 0) is 19.3 Å². The average molecular weight is 375 g/mol. The molecule has 1 saturated carbocycles. The molecular formula is C19H26BNO4S. The first-order valence-corrected chi connectivity index (χ1v) is 10.6. The Morgan fingerprint density at radius 2 is 1.65 bits per heavy atom. The number of allylic oxidation sites excluding steroid dienone is 1. The summed E-state index contributed by atoms with van der Waals surface area (Å²) in [6.45, 7) is 10.6. The number of aryl methyl sites for hydroxylation is 1. The molecule has 1 aromatic carbocycles. The minimum Gasteiger partial charge on any atom is -0.403 e. The molecule has 1 aliphatic carbocycles. The molecule has 3 aliphatic rings. The SMILES string of the molecule is Cc1ccc(S(=O)(=O)N2C=CC3C(C2)C3B2OC(C)(C)C(C)(C)O2)cc1. The predicted molar refractivity (Wildman–Crippen MR) is 101 cm³/mol. The van der Waals surface area contributed by atoms with Crippen LogP contribution in [0.2, 0.25) is 5.82 Å². The molecule has 0 aromatic heterocycles. The van der Waals surface area contributed by atoms with Crippen molar-refractivity contribution in [2.45, 2.75) is 56.5 Å². The summed E-state index contributed by atoms with van der Waals surface area (Å²) in [5.74, 6) is 0.787. The molecule has 2 aliphatic heterocycles. The van der Waals surface area contributed by atoms with Gasteiger partial charge in [0.15, 0.2) is 0 Å². The van der Waals surface area contributed by atoms with Crippen molar-refractivity contribution in [2.75, 3.05) is 6.54 Å². The third-order valence-corrected chi connectivity index (χ3v) is 8.13. The first kappa shape index (κ1) is 18.1. The van der Waals surface area contributed by atoms with Crippen molar-refractivity contribution in [3.05, 3.63) is 42.1 Å². The lowest BCUT2D eigenvalue weighted by molar-refractivity contribution is 0.00578. The van der Waals surface area contributed by atoms with Gasteiger partial charge in [0.05, 0.1) is 16.1 Å². The average Bonchev–Trinajstić information content (AvgIpc) is 3.22. The molecule has 0 N–H and O–H groups in total. The Morgan fingerprint density at radius 1 is 1.08 bits per heavy atom. The quantitative estimate of drug-likeness (QED) is 0.762. The second kappa shape index (κ2) is 5.60. The topological polar surface area (TPSA) is 55.8 Å². The molecule has 1 saturated heterocycles. The zero-order chi connectivity index (χ0) is 18.9. The molecule has 7 heteroatoms. The predicted octanol–water partition coefficient (Wildman–Crippen LogP) is 3.22. The van der Waals surface area contributed by atoms with Crippen molar-refractivity contribution in [3.8, 4) is 0 Å². The standard InChI is InChI=1S/C19H26BNO4S/c1-13-6-8-14(9-7-13)26(22,23)21-11-10-15-16(12-21)17(15)20-24-18(2,3)19(4,5)25-20/h6-11,15-17H,12H2,1-5H3. The second-order valence-corrected chi connectivity index (χ2v) is 10.6. The van der Waals surface area contributed by atoms with Gasteiger partial charge in [-0.25, -0.2) is 8.42 Å². The summed E-state index contributed by atoms with van der Waals surface area (Å²) in [5.41, 5.74) is 0.322. The Morgan fingerprint density at radius 3 is 2.23 bits per heavy atom. The van der Waals surface area contributed by atoms with Crippen LogP contribution in [0, 0.1) is 18.8 Å². The van der Waals surface area contributed by atoms with Gasteiger partial charge in [0, 0.05) is 18.6 Å². The van der Waals surface area contributed by atoms with Crippen molar-refractivity contribution in [2.24, 2.45) is 11.8 Å². The van der Waals surface area contributed by atoms with Crippen LogP contribution in [0.3, 0.4) is 0 Å². The van der Waals surface area contributed by atoms with Crippen LogP contribution in [0.5, 0.6) is 0 Å². The fourth-order valence-electron chi connectivity index (χ4n) is 3.86. The Hall–Kier alpha value is -1.31. The molecule has 1 aromatic rings. The third kappa shape index (κ3) is 2.72. The highest BCUT2D eigenvalue weighted by atomic mass is 32.2. The molecule has 140 valence electrons. The van der Waals surface area contributed by atoms with Gasteiger partial charge < -0.3 is 9.31 Å². The number of sulfonamides is 1. The maximum Gasteiger partial charge on any atom is 0.462 e. The monoisotopic (exact) mass is 375 g/mol. The van der Waals surface area contributed by atoms with Crippen molar-refractivity contribution < 1.29 is 17.7 Å². The summed E-state index contributed by atoms with van der Waals surface area (Å²) < 4.78 is 39.6. The largest absolute Gasteiger partial charge is 0.462 e. The van der Waals surface area contributed by atoms with E-state index in [0.29, 0.717) is 17.4 Å². The van der Waals surface area contributed by atoms with E-state index in [2.05, 4.69) is 0 Å². The summed E-state index contributed by atoms with van der Waals surface area (Å²) in [7, 11) is -3.79. The van der Waals surface area contributed by atoms with Gasteiger partial charge in [0.2, 0.25) is 0 Å². The maximum absolute atomic E-state index is 12.9. The minimum absolute atomic E-state index is 0.213. The van der Waals surface area contributed by atoms with E-state index in [-0.39, 0.29) is 30.1 Å². The first-order valence-electron chi connectivity index (χ1n) is 9.15. The number of nitrogens with zero attached hydrogens (tertiary/aromatic N) is 1. The van der Waals surface area contributed by atoms with E-state index in [1.54, 1.807) is 18.3 Å². The van der Waals surface area contributed by atoms with Gasteiger partial charge >= 0.3 is 7.12 Å². The zero-order valence-electron chi connectivity index (χ0n) is 16.0. The van der Waals surface area contributed by atoms with Crippen LogP contribution in [0.25, 0.3) is 0 Å². The minimum atomic E-state index is -3.51. The van der Waals surface area contributed by atoms with E-state index in [4.69, 9.17) is 9.31 Å². The van der Waals surface area contributed by atoms with E-state index in [0.717, 1.165) is 5.56 Å². The van der Waals surface area contributed by atoms with Crippen LogP contribution in [0.15, 0.2) is 41.4 Å². The van der Waals surface area contributed by atoms with Crippen molar-refractivity contribution >= 4 is 17.1 Å². The maximum atomic E-state index is 12.9. The summed E-state index contributed by atoms with van der Waals surface area (Å²) in [4.78, 5) is 0.332. The van der Waals surface area contributed by atoms with E-state index >= 15 is 0 Å². The fourth-order valence-corrected chi connectivity index (χ4v) is 5.21. The number of hydrogen-bond acceptors (Lipinski definition) is 4. The van der Waals surface area contributed by atoms with Gasteiger partial charge in [-0.1, -0.05) is 23.8 Å². The Labute approximate surface area is 156 Å². The molecule has 2 heterocycles. The summed E-state index contributed by atoms with van der Waals surface area (Å²) in [6, 6.07) is 6.99. The van der Waals surface area contributed by atoms with Gasteiger partial charge in [-0.3, -0.25) is 4.31 Å². The van der Waals surface area contributed by atoms with E-state index < -0.39 is 10.0 Å². The fraction of sp³-hybridized carbons (Fsp3) is 0.579. The number of hydrogen-bond donors (Lipinski definition) is 0. The zero-order valence-corrected chi connectivity index (χ0v) is 16.8. The summed E-state index contributed by atoms with van der Waals surface area (Å²) in [6.07, 6.45) is 3.71. The van der Waals surface area contributed by atoms with Crippen LogP contribution >= 0.6 is 0 Å². The van der Waals surface area contributed by atoms with Gasteiger partial charge in [-0.15, -0.1) is 0 Å². The lowest BCUT2D eigenvalue weighted by atomic mass is 9.79. The van der Waals surface area contributed by atoms with Gasteiger partial charge in [-0.2, -0.15) is 0 Å². The first-order chi connectivity index (χ1) is 12.0. The Bertz CT molecular complexity index is 831. The lowest BCUT2D eigenvalue weighted by Gasteiger charge is -2.32. The van der Waals surface area contributed by atoms with Gasteiger partial charge in [-0.05, 0) is 58.6 Å². The number of benzene rings is 1. The highest BCUT2D eigenvalue weighted by molar-refractivity contribution is 7.89. The van der Waals surface area contributed by atoms with E-state index in [9.17, 15) is 8.42 Å². The molecule has 2 fully saturated rings. The van der Waals surface area contributed by atoms with E-state index in [1.165, 1.54) is 4.31 Å². The molecule has 0 amide bonds. The summed E-state index contributed by atoms with van der Waals surface area (Å²) >= 11 is 0. The molecule has 0 radical (unpaired) electrons. The van der Waals surface area contributed by atoms with Crippen LogP contribution < -0.4 is 0 Å². The molecule has 5 nitrogen and oxygen atoms in total. The highest BCUT2D eigenvalue weighted by Crippen LogP contribution is 2.60. The molecule has 0 bridgehead atoms. The molecule has 0 spiro atoms. The van der Waals surface area contributed by atoms with Gasteiger partial charge in [0.25, 0.3) is 10.0 Å². The molecule has 3 atom stereocenters. The van der Waals surface area contributed by atoms with Crippen LogP contribution in [-0.4, -0.2) is 37.6 Å². The van der Waals surface area contributed by atoms with Crippen LogP contribution in [0.4, 0.5) is 0 Å². The Balaban J connectivity index is 1.49. The summed E-state index contributed by atoms with van der Waals surface area (Å²) in [5, 5.41) is 0. The molecule has 4 rings (SSSR count). The Kier molecular flexibility index (Phi) is 3.89. The van der Waals surface area contributed by atoms with Crippen molar-refractivity contribution in [1.82, 2.24) is 4.31 Å². The molecule has 26 heavy (non-hydrogen) atoms. The van der Waals surface area contributed by atoms with Crippen molar-refractivity contribution in [1.29, 1.82) is 0 Å². The van der Waals surface area contributed by atoms with Crippen LogP contribution in [0.1, 0.15) is 33.3 Å². The number of fused-ring (bicyclic) bond motifs is 1. The van der Waals surface area contributed by atoms with Crippen molar-refractivity contribution in [3.63, 3.8) is 0 Å². The normalized spacial score (nSPS) is 31.8. The third-order valence-electron chi connectivity index (χ3n) is 6.37. The smallest absolute Gasteiger partial charge is 0.403 e. The van der Waals surface area contributed by atoms with Gasteiger partial charge in [0.1, 0.15) is 0 Å². The van der Waals surface area contributed by atoms with E-state index in [1.807, 2.05) is 52.8 Å².